The Bertz CT molecular complexity index is 451. The van der Waals surface area contributed by atoms with Crippen molar-refractivity contribution in [2.75, 3.05) is 26.4 Å². The molecule has 0 saturated heterocycles. The Morgan fingerprint density at radius 1 is 0.773 bits per heavy atom. The summed E-state index contributed by atoms with van der Waals surface area (Å²) in [6.07, 6.45) is 0. The summed E-state index contributed by atoms with van der Waals surface area (Å²) >= 11 is 0. The van der Waals surface area contributed by atoms with Gasteiger partial charge in [0.25, 0.3) is 0 Å². The monoisotopic (exact) mass is 291 g/mol. The molecule has 4 heteroatoms. The Kier molecular flexibility index (Phi) is 9.90. The van der Waals surface area contributed by atoms with Gasteiger partial charge in [-0.25, -0.2) is 0 Å². The van der Waals surface area contributed by atoms with E-state index in [-0.39, 0.29) is 25.5 Å². The Morgan fingerprint density at radius 2 is 1.27 bits per heavy atom. The van der Waals surface area contributed by atoms with Crippen LogP contribution < -0.4 is 24.0 Å². The summed E-state index contributed by atoms with van der Waals surface area (Å²) < 4.78 is 5.33. The molecule has 2 aromatic rings. The van der Waals surface area contributed by atoms with Gasteiger partial charge in [-0.05, 0) is 11.1 Å². The van der Waals surface area contributed by atoms with E-state index in [1.165, 1.54) is 11.1 Å². The first-order valence-electron chi connectivity index (χ1n) is 7.34. The molecule has 0 heterocycles. The minimum Gasteiger partial charge on any atom is -0.853 e. The number of hydrogen-bond donors (Lipinski definition) is 0. The van der Waals surface area contributed by atoms with Crippen molar-refractivity contribution in [3.8, 4) is 0 Å². The second-order valence-corrected chi connectivity index (χ2v) is 5.00. The van der Waals surface area contributed by atoms with Gasteiger partial charge >= 0.3 is 18.9 Å². The first-order valence-corrected chi connectivity index (χ1v) is 7.34. The maximum atomic E-state index is 10.4. The maximum Gasteiger partial charge on any atom is 1.00 e. The Morgan fingerprint density at radius 3 is 1.73 bits per heavy atom. The van der Waals surface area contributed by atoms with E-state index in [4.69, 9.17) is 4.74 Å². The third kappa shape index (κ3) is 7.26. The summed E-state index contributed by atoms with van der Waals surface area (Å²) in [5.41, 5.74) is 2.58. The van der Waals surface area contributed by atoms with Crippen molar-refractivity contribution >= 4 is 0 Å². The van der Waals surface area contributed by atoms with Crippen LogP contribution in [0.1, 0.15) is 11.1 Å². The van der Waals surface area contributed by atoms with Crippen LogP contribution in [0.5, 0.6) is 0 Å². The molecular formula is C18H22LiNO2. The van der Waals surface area contributed by atoms with Crippen LogP contribution in [0.15, 0.2) is 60.7 Å². The second-order valence-electron chi connectivity index (χ2n) is 5.00. The van der Waals surface area contributed by atoms with Crippen LogP contribution >= 0.6 is 0 Å². The minimum atomic E-state index is -0.169. The van der Waals surface area contributed by atoms with E-state index in [1.54, 1.807) is 0 Å². The first-order chi connectivity index (χ1) is 10.4. The van der Waals surface area contributed by atoms with E-state index in [9.17, 15) is 5.11 Å². The van der Waals surface area contributed by atoms with Crippen LogP contribution in [0.4, 0.5) is 0 Å². The molecule has 22 heavy (non-hydrogen) atoms. The third-order valence-electron chi connectivity index (χ3n) is 3.28. The molecule has 0 aromatic heterocycles. The van der Waals surface area contributed by atoms with Crippen molar-refractivity contribution in [1.82, 2.24) is 4.90 Å². The van der Waals surface area contributed by atoms with E-state index in [0.717, 1.165) is 19.6 Å². The molecular weight excluding hydrogens is 269 g/mol. The maximum absolute atomic E-state index is 10.4. The average molecular weight is 291 g/mol. The summed E-state index contributed by atoms with van der Waals surface area (Å²) in [4.78, 5) is 2.34. The van der Waals surface area contributed by atoms with Crippen LogP contribution in [0.3, 0.4) is 0 Å². The fourth-order valence-corrected chi connectivity index (χ4v) is 2.25. The molecule has 0 N–H and O–H groups in total. The van der Waals surface area contributed by atoms with Crippen LogP contribution in [-0.4, -0.2) is 31.3 Å². The predicted molar refractivity (Wildman–Crippen MR) is 82.7 cm³/mol. The van der Waals surface area contributed by atoms with E-state index in [1.807, 2.05) is 12.1 Å². The van der Waals surface area contributed by atoms with Crippen molar-refractivity contribution in [2.45, 2.75) is 13.1 Å². The molecule has 0 amide bonds. The molecule has 0 atom stereocenters. The zero-order chi connectivity index (χ0) is 14.8. The third-order valence-corrected chi connectivity index (χ3v) is 3.28. The molecule has 0 unspecified atom stereocenters. The Hall–Kier alpha value is -1.08. The summed E-state index contributed by atoms with van der Waals surface area (Å²) in [7, 11) is 0. The molecule has 0 radical (unpaired) electrons. The van der Waals surface area contributed by atoms with Crippen LogP contribution in [0, 0.1) is 0 Å². The quantitative estimate of drug-likeness (QED) is 0.442. The van der Waals surface area contributed by atoms with Gasteiger partial charge in [0.1, 0.15) is 0 Å². The van der Waals surface area contributed by atoms with Gasteiger partial charge in [0.15, 0.2) is 0 Å². The van der Waals surface area contributed by atoms with Crippen molar-refractivity contribution < 1.29 is 28.7 Å². The summed E-state index contributed by atoms with van der Waals surface area (Å²) in [6, 6.07) is 20.8. The standard InChI is InChI=1S/C18H22NO2.Li/c20-12-14-21-13-11-19(15-17-7-3-1-4-8-17)16-18-9-5-2-6-10-18;/h1-10H,11-16H2;/q-1;+1. The van der Waals surface area contributed by atoms with Gasteiger partial charge in [-0.3, -0.25) is 4.90 Å². The molecule has 112 valence electrons. The van der Waals surface area contributed by atoms with Crippen molar-refractivity contribution in [1.29, 1.82) is 0 Å². The molecule has 0 aliphatic rings. The van der Waals surface area contributed by atoms with Gasteiger partial charge in [0, 0.05) is 26.2 Å². The number of benzene rings is 2. The first kappa shape index (κ1) is 19.0. The minimum absolute atomic E-state index is 0. The van der Waals surface area contributed by atoms with Gasteiger partial charge in [0.05, 0.1) is 6.61 Å². The zero-order valence-corrected chi connectivity index (χ0v) is 13.3. The van der Waals surface area contributed by atoms with Crippen molar-refractivity contribution in [3.05, 3.63) is 71.8 Å². The molecule has 2 aromatic carbocycles. The predicted octanol–water partition coefficient (Wildman–Crippen LogP) is -0.930. The van der Waals surface area contributed by atoms with Crippen LogP contribution in [0.25, 0.3) is 0 Å². The van der Waals surface area contributed by atoms with Gasteiger partial charge in [-0.1, -0.05) is 60.7 Å². The Balaban J connectivity index is 0.00000242. The van der Waals surface area contributed by atoms with Gasteiger partial charge < -0.3 is 9.84 Å². The molecule has 0 spiro atoms. The molecule has 0 fully saturated rings. The Labute approximate surface area is 145 Å². The summed E-state index contributed by atoms with van der Waals surface area (Å²) in [5, 5.41) is 10.4. The topological polar surface area (TPSA) is 35.5 Å². The normalized spacial score (nSPS) is 10.5. The van der Waals surface area contributed by atoms with Crippen LogP contribution in [-0.2, 0) is 17.8 Å². The number of rotatable bonds is 9. The van der Waals surface area contributed by atoms with E-state index < -0.39 is 0 Å². The van der Waals surface area contributed by atoms with E-state index in [2.05, 4.69) is 53.4 Å². The fraction of sp³-hybridized carbons (Fsp3) is 0.333. The molecule has 0 saturated carbocycles. The zero-order valence-electron chi connectivity index (χ0n) is 13.3. The van der Waals surface area contributed by atoms with Gasteiger partial charge in [-0.15, -0.1) is 6.61 Å². The molecule has 3 nitrogen and oxygen atoms in total. The number of hydrogen-bond acceptors (Lipinski definition) is 3. The van der Waals surface area contributed by atoms with Crippen molar-refractivity contribution in [2.24, 2.45) is 0 Å². The molecule has 2 rings (SSSR count). The van der Waals surface area contributed by atoms with Crippen LogP contribution in [0.2, 0.25) is 0 Å². The fourth-order valence-electron chi connectivity index (χ4n) is 2.25. The largest absolute Gasteiger partial charge is 1.00 e. The smallest absolute Gasteiger partial charge is 0.853 e. The summed E-state index contributed by atoms with van der Waals surface area (Å²) in [6.45, 7) is 3.32. The van der Waals surface area contributed by atoms with Crippen molar-refractivity contribution in [3.63, 3.8) is 0 Å². The van der Waals surface area contributed by atoms with E-state index in [0.29, 0.717) is 13.2 Å². The number of ether oxygens (including phenoxy) is 1. The molecule has 0 bridgehead atoms. The SMILES string of the molecule is [Li+].[O-]CCOCCN(Cc1ccccc1)Cc1ccccc1. The second kappa shape index (κ2) is 11.5. The number of nitrogens with zero attached hydrogens (tertiary/aromatic N) is 1. The van der Waals surface area contributed by atoms with E-state index >= 15 is 0 Å². The van der Waals surface area contributed by atoms with Gasteiger partial charge in [0.2, 0.25) is 0 Å². The molecule has 0 aliphatic heterocycles. The average Bonchev–Trinajstić information content (AvgIpc) is 2.53. The summed E-state index contributed by atoms with van der Waals surface area (Å²) in [5.74, 6) is 0. The van der Waals surface area contributed by atoms with Gasteiger partial charge in [-0.2, -0.15) is 0 Å². The molecule has 0 aliphatic carbocycles.